The first kappa shape index (κ1) is 11.1. The molecular weight excluding hydrogens is 194 g/mol. The van der Waals surface area contributed by atoms with E-state index in [0.29, 0.717) is 5.56 Å². The van der Waals surface area contributed by atoms with Crippen LogP contribution in [0.2, 0.25) is 0 Å². The maximum absolute atomic E-state index is 9.50. The first-order chi connectivity index (χ1) is 6.69. The summed E-state index contributed by atoms with van der Waals surface area (Å²) in [6, 6.07) is 7.49. The van der Waals surface area contributed by atoms with Crippen LogP contribution in [0, 0.1) is 11.3 Å². The SMILES string of the molecule is CCSc1cc(C#N)ccc1[C@H](C)O. The van der Waals surface area contributed by atoms with Gasteiger partial charge in [-0.2, -0.15) is 5.26 Å². The van der Waals surface area contributed by atoms with E-state index in [1.807, 2.05) is 12.1 Å². The van der Waals surface area contributed by atoms with Crippen LogP contribution in [-0.2, 0) is 0 Å². The summed E-state index contributed by atoms with van der Waals surface area (Å²) in [7, 11) is 0. The van der Waals surface area contributed by atoms with Crippen molar-refractivity contribution in [3.8, 4) is 6.07 Å². The molecule has 1 N–H and O–H groups in total. The predicted octanol–water partition coefficient (Wildman–Crippen LogP) is 2.72. The lowest BCUT2D eigenvalue weighted by Crippen LogP contribution is -1.94. The van der Waals surface area contributed by atoms with Crippen molar-refractivity contribution in [1.82, 2.24) is 0 Å². The lowest BCUT2D eigenvalue weighted by atomic mass is 10.1. The summed E-state index contributed by atoms with van der Waals surface area (Å²) < 4.78 is 0. The van der Waals surface area contributed by atoms with Crippen molar-refractivity contribution in [1.29, 1.82) is 5.26 Å². The number of aliphatic hydroxyl groups excluding tert-OH is 1. The Morgan fingerprint density at radius 2 is 2.29 bits per heavy atom. The van der Waals surface area contributed by atoms with E-state index in [4.69, 9.17) is 5.26 Å². The number of benzene rings is 1. The number of hydrogen-bond acceptors (Lipinski definition) is 3. The molecule has 0 aromatic heterocycles. The van der Waals surface area contributed by atoms with Crippen LogP contribution >= 0.6 is 11.8 Å². The number of aliphatic hydroxyl groups is 1. The molecule has 1 atom stereocenters. The van der Waals surface area contributed by atoms with Gasteiger partial charge >= 0.3 is 0 Å². The molecule has 1 aromatic rings. The average molecular weight is 207 g/mol. The normalized spacial score (nSPS) is 12.1. The molecular formula is C11H13NOS. The minimum absolute atomic E-state index is 0.475. The van der Waals surface area contributed by atoms with Gasteiger partial charge in [0, 0.05) is 4.90 Å². The van der Waals surface area contributed by atoms with E-state index in [1.165, 1.54) is 0 Å². The van der Waals surface area contributed by atoms with Crippen LogP contribution < -0.4 is 0 Å². The van der Waals surface area contributed by atoms with Gasteiger partial charge in [-0.25, -0.2) is 0 Å². The third kappa shape index (κ3) is 2.50. The van der Waals surface area contributed by atoms with Gasteiger partial charge in [-0.3, -0.25) is 0 Å². The Bertz CT molecular complexity index is 355. The molecule has 0 aliphatic carbocycles. The molecule has 0 amide bonds. The van der Waals surface area contributed by atoms with E-state index in [0.717, 1.165) is 16.2 Å². The van der Waals surface area contributed by atoms with Crippen molar-refractivity contribution in [2.24, 2.45) is 0 Å². The minimum Gasteiger partial charge on any atom is -0.389 e. The number of rotatable bonds is 3. The molecule has 0 unspecified atom stereocenters. The topological polar surface area (TPSA) is 44.0 Å². The summed E-state index contributed by atoms with van der Waals surface area (Å²) in [5.41, 5.74) is 1.54. The highest BCUT2D eigenvalue weighted by atomic mass is 32.2. The van der Waals surface area contributed by atoms with E-state index in [1.54, 1.807) is 24.8 Å². The van der Waals surface area contributed by atoms with Gasteiger partial charge in [0.05, 0.1) is 17.7 Å². The van der Waals surface area contributed by atoms with Gasteiger partial charge < -0.3 is 5.11 Å². The fourth-order valence-corrected chi connectivity index (χ4v) is 2.16. The van der Waals surface area contributed by atoms with Crippen LogP contribution in [0.1, 0.15) is 31.1 Å². The fraction of sp³-hybridized carbons (Fsp3) is 0.364. The van der Waals surface area contributed by atoms with Gasteiger partial charge in [0.2, 0.25) is 0 Å². The zero-order valence-corrected chi connectivity index (χ0v) is 9.14. The molecule has 0 aliphatic rings. The summed E-state index contributed by atoms with van der Waals surface area (Å²) in [6.45, 7) is 3.79. The maximum atomic E-state index is 9.50. The molecule has 0 radical (unpaired) electrons. The maximum Gasteiger partial charge on any atom is 0.0992 e. The van der Waals surface area contributed by atoms with Crippen molar-refractivity contribution in [3.63, 3.8) is 0 Å². The van der Waals surface area contributed by atoms with Crippen molar-refractivity contribution < 1.29 is 5.11 Å². The molecule has 1 aromatic carbocycles. The van der Waals surface area contributed by atoms with Crippen LogP contribution in [0.3, 0.4) is 0 Å². The molecule has 0 spiro atoms. The number of thioether (sulfide) groups is 1. The monoisotopic (exact) mass is 207 g/mol. The second-order valence-electron chi connectivity index (χ2n) is 2.97. The van der Waals surface area contributed by atoms with Crippen molar-refractivity contribution in [2.45, 2.75) is 24.8 Å². The quantitative estimate of drug-likeness (QED) is 0.775. The standard InChI is InChI=1S/C11H13NOS/c1-3-14-11-6-9(7-12)4-5-10(11)8(2)13/h4-6,8,13H,3H2,1-2H3/t8-/m0/s1. The molecule has 14 heavy (non-hydrogen) atoms. The van der Waals surface area contributed by atoms with Crippen LogP contribution in [0.5, 0.6) is 0 Å². The smallest absolute Gasteiger partial charge is 0.0992 e. The van der Waals surface area contributed by atoms with Gasteiger partial charge in [0.1, 0.15) is 0 Å². The van der Waals surface area contributed by atoms with Crippen LogP contribution in [0.25, 0.3) is 0 Å². The van der Waals surface area contributed by atoms with Gasteiger partial charge in [0.15, 0.2) is 0 Å². The predicted molar refractivity (Wildman–Crippen MR) is 58.2 cm³/mol. The first-order valence-corrected chi connectivity index (χ1v) is 5.52. The number of hydrogen-bond donors (Lipinski definition) is 1. The Morgan fingerprint density at radius 1 is 1.57 bits per heavy atom. The van der Waals surface area contributed by atoms with E-state index >= 15 is 0 Å². The highest BCUT2D eigenvalue weighted by molar-refractivity contribution is 7.99. The molecule has 3 heteroatoms. The highest BCUT2D eigenvalue weighted by Crippen LogP contribution is 2.28. The lowest BCUT2D eigenvalue weighted by Gasteiger charge is -2.10. The summed E-state index contributed by atoms with van der Waals surface area (Å²) in [5, 5.41) is 18.2. The highest BCUT2D eigenvalue weighted by Gasteiger charge is 2.08. The summed E-state index contributed by atoms with van der Waals surface area (Å²) in [6.07, 6.45) is -0.475. The molecule has 0 bridgehead atoms. The van der Waals surface area contributed by atoms with Gasteiger partial charge in [-0.15, -0.1) is 11.8 Å². The lowest BCUT2D eigenvalue weighted by molar-refractivity contribution is 0.196. The zero-order valence-electron chi connectivity index (χ0n) is 8.32. The second kappa shape index (κ2) is 5.04. The zero-order chi connectivity index (χ0) is 10.6. The largest absolute Gasteiger partial charge is 0.389 e. The Morgan fingerprint density at radius 3 is 2.79 bits per heavy atom. The van der Waals surface area contributed by atoms with Crippen LogP contribution in [-0.4, -0.2) is 10.9 Å². The van der Waals surface area contributed by atoms with Crippen molar-refractivity contribution >= 4 is 11.8 Å². The van der Waals surface area contributed by atoms with Gasteiger partial charge in [0.25, 0.3) is 0 Å². The Balaban J connectivity index is 3.11. The Hall–Kier alpha value is -0.980. The summed E-state index contributed by atoms with van der Waals surface area (Å²) in [5.74, 6) is 0.939. The molecule has 74 valence electrons. The van der Waals surface area contributed by atoms with E-state index in [-0.39, 0.29) is 0 Å². The van der Waals surface area contributed by atoms with Crippen LogP contribution in [0.4, 0.5) is 0 Å². The van der Waals surface area contributed by atoms with E-state index in [9.17, 15) is 5.11 Å². The van der Waals surface area contributed by atoms with E-state index < -0.39 is 6.10 Å². The van der Waals surface area contributed by atoms with Gasteiger partial charge in [-0.05, 0) is 30.4 Å². The minimum atomic E-state index is -0.475. The molecule has 0 fully saturated rings. The molecule has 0 aliphatic heterocycles. The average Bonchev–Trinajstić information content (AvgIpc) is 2.17. The second-order valence-corrected chi connectivity index (χ2v) is 4.28. The molecule has 0 saturated heterocycles. The van der Waals surface area contributed by atoms with Crippen molar-refractivity contribution in [2.75, 3.05) is 5.75 Å². The van der Waals surface area contributed by atoms with Gasteiger partial charge in [-0.1, -0.05) is 13.0 Å². The Kier molecular flexibility index (Phi) is 3.99. The third-order valence-electron chi connectivity index (χ3n) is 1.89. The van der Waals surface area contributed by atoms with E-state index in [2.05, 4.69) is 13.0 Å². The summed E-state index contributed by atoms with van der Waals surface area (Å²) >= 11 is 1.65. The first-order valence-electron chi connectivity index (χ1n) is 4.54. The summed E-state index contributed by atoms with van der Waals surface area (Å²) in [4.78, 5) is 1.00. The van der Waals surface area contributed by atoms with Crippen LogP contribution in [0.15, 0.2) is 23.1 Å². The molecule has 0 heterocycles. The Labute approximate surface area is 88.6 Å². The van der Waals surface area contributed by atoms with Crippen molar-refractivity contribution in [3.05, 3.63) is 29.3 Å². The fourth-order valence-electron chi connectivity index (χ4n) is 1.23. The third-order valence-corrected chi connectivity index (χ3v) is 2.85. The molecule has 0 saturated carbocycles. The molecule has 2 nitrogen and oxygen atoms in total. The number of nitrogens with zero attached hydrogens (tertiary/aromatic N) is 1. The molecule has 1 rings (SSSR count). The number of nitriles is 1.